The third kappa shape index (κ3) is 5.89. The van der Waals surface area contributed by atoms with E-state index in [1.165, 1.54) is 17.8 Å². The van der Waals surface area contributed by atoms with Crippen molar-refractivity contribution in [1.82, 2.24) is 15.3 Å². The zero-order valence-corrected chi connectivity index (χ0v) is 12.1. The average molecular weight is 285 g/mol. The Morgan fingerprint density at radius 1 is 1.58 bits per heavy atom. The second-order valence-corrected chi connectivity index (χ2v) is 5.62. The van der Waals surface area contributed by atoms with Crippen LogP contribution in [0.2, 0.25) is 0 Å². The summed E-state index contributed by atoms with van der Waals surface area (Å²) in [6.45, 7) is 5.56. The monoisotopic (exact) mass is 285 g/mol. The Hall–Kier alpha value is -1.34. The van der Waals surface area contributed by atoms with Crippen LogP contribution < -0.4 is 10.9 Å². The number of carbonyl (C=O) groups is 1. The fraction of sp³-hybridized carbons (Fsp3) is 0.583. The van der Waals surface area contributed by atoms with E-state index in [0.29, 0.717) is 23.0 Å². The summed E-state index contributed by atoms with van der Waals surface area (Å²) in [5.74, 6) is -0.289. The average Bonchev–Trinajstić information content (AvgIpc) is 2.25. The molecule has 0 fully saturated rings. The highest BCUT2D eigenvalue weighted by molar-refractivity contribution is 7.99. The predicted molar refractivity (Wildman–Crippen MR) is 74.6 cm³/mol. The summed E-state index contributed by atoms with van der Waals surface area (Å²) in [4.78, 5) is 29.1. The van der Waals surface area contributed by atoms with E-state index in [2.05, 4.69) is 15.3 Å². The van der Waals surface area contributed by atoms with E-state index < -0.39 is 12.0 Å². The van der Waals surface area contributed by atoms with Gasteiger partial charge in [0, 0.05) is 23.6 Å². The number of hydrogen-bond acceptors (Lipinski definition) is 5. The molecule has 0 aliphatic rings. The summed E-state index contributed by atoms with van der Waals surface area (Å²) in [7, 11) is 0. The van der Waals surface area contributed by atoms with E-state index in [4.69, 9.17) is 5.11 Å². The van der Waals surface area contributed by atoms with Crippen LogP contribution in [0.4, 0.5) is 0 Å². The lowest BCUT2D eigenvalue weighted by Crippen LogP contribution is -2.41. The highest BCUT2D eigenvalue weighted by Gasteiger charge is 2.17. The molecule has 0 saturated carbocycles. The molecule has 3 N–H and O–H groups in total. The second-order valence-electron chi connectivity index (χ2n) is 4.54. The molecule has 1 aromatic heterocycles. The van der Waals surface area contributed by atoms with Crippen molar-refractivity contribution >= 4 is 17.7 Å². The zero-order valence-electron chi connectivity index (χ0n) is 11.3. The van der Waals surface area contributed by atoms with Crippen molar-refractivity contribution < 1.29 is 9.90 Å². The van der Waals surface area contributed by atoms with Gasteiger partial charge in [0.25, 0.3) is 5.56 Å². The SMILES string of the molecule is Cc1cc(=O)[nH]c(SCCC(NC(C)C)C(=O)O)n1. The van der Waals surface area contributed by atoms with Crippen molar-refractivity contribution in [3.63, 3.8) is 0 Å². The first kappa shape index (κ1) is 15.7. The van der Waals surface area contributed by atoms with Crippen molar-refractivity contribution in [1.29, 1.82) is 0 Å². The second kappa shape index (κ2) is 7.30. The first-order valence-electron chi connectivity index (χ1n) is 6.08. The van der Waals surface area contributed by atoms with E-state index >= 15 is 0 Å². The Morgan fingerprint density at radius 3 is 2.79 bits per heavy atom. The van der Waals surface area contributed by atoms with Gasteiger partial charge in [-0.25, -0.2) is 4.98 Å². The zero-order chi connectivity index (χ0) is 14.4. The van der Waals surface area contributed by atoms with Crippen LogP contribution in [0.1, 0.15) is 26.0 Å². The molecule has 0 radical (unpaired) electrons. The summed E-state index contributed by atoms with van der Waals surface area (Å²) in [5.41, 5.74) is 0.464. The van der Waals surface area contributed by atoms with Crippen LogP contribution in [0, 0.1) is 6.92 Å². The minimum atomic E-state index is -0.861. The van der Waals surface area contributed by atoms with E-state index in [1.54, 1.807) is 6.92 Å². The molecule has 0 bridgehead atoms. The molecule has 1 atom stereocenters. The van der Waals surface area contributed by atoms with Crippen LogP contribution in [0.15, 0.2) is 16.0 Å². The molecule has 106 valence electrons. The van der Waals surface area contributed by atoms with Crippen molar-refractivity contribution in [2.24, 2.45) is 0 Å². The van der Waals surface area contributed by atoms with Gasteiger partial charge in [0.05, 0.1) is 0 Å². The number of carboxylic acids is 1. The molecule has 1 unspecified atom stereocenters. The maximum Gasteiger partial charge on any atom is 0.320 e. The minimum Gasteiger partial charge on any atom is -0.480 e. The molecule has 0 aliphatic carbocycles. The topological polar surface area (TPSA) is 95.1 Å². The Labute approximate surface area is 116 Å². The van der Waals surface area contributed by atoms with Crippen molar-refractivity contribution in [3.05, 3.63) is 22.1 Å². The van der Waals surface area contributed by atoms with E-state index in [9.17, 15) is 9.59 Å². The summed E-state index contributed by atoms with van der Waals surface area (Å²) in [5, 5.41) is 12.6. The van der Waals surface area contributed by atoms with E-state index in [0.717, 1.165) is 0 Å². The molecule has 7 heteroatoms. The van der Waals surface area contributed by atoms with Gasteiger partial charge in [0.2, 0.25) is 0 Å². The van der Waals surface area contributed by atoms with Crippen LogP contribution >= 0.6 is 11.8 Å². The van der Waals surface area contributed by atoms with Gasteiger partial charge >= 0.3 is 5.97 Å². The highest BCUT2D eigenvalue weighted by Crippen LogP contribution is 2.13. The lowest BCUT2D eigenvalue weighted by Gasteiger charge is -2.16. The summed E-state index contributed by atoms with van der Waals surface area (Å²) in [6.07, 6.45) is 0.468. The molecule has 0 spiro atoms. The fourth-order valence-corrected chi connectivity index (χ4v) is 2.50. The summed E-state index contributed by atoms with van der Waals surface area (Å²) >= 11 is 1.35. The molecule has 1 rings (SSSR count). The third-order valence-corrected chi connectivity index (χ3v) is 3.23. The number of hydrogen-bond donors (Lipinski definition) is 3. The number of aryl methyl sites for hydroxylation is 1. The molecular formula is C12H19N3O3S. The van der Waals surface area contributed by atoms with Gasteiger partial charge in [-0.05, 0) is 13.3 Å². The van der Waals surface area contributed by atoms with Gasteiger partial charge in [-0.2, -0.15) is 0 Å². The fourth-order valence-electron chi connectivity index (χ4n) is 1.57. The number of aliphatic carboxylic acids is 1. The van der Waals surface area contributed by atoms with Crippen LogP contribution in [0.3, 0.4) is 0 Å². The number of nitrogens with one attached hydrogen (secondary N) is 2. The maximum absolute atomic E-state index is 11.2. The molecule has 0 aromatic carbocycles. The third-order valence-electron chi connectivity index (χ3n) is 2.33. The van der Waals surface area contributed by atoms with Gasteiger partial charge in [-0.1, -0.05) is 25.6 Å². The number of carboxylic acid groups (broad SMARTS) is 1. The van der Waals surface area contributed by atoms with Crippen LogP contribution in [-0.4, -0.2) is 38.9 Å². The lowest BCUT2D eigenvalue weighted by molar-refractivity contribution is -0.139. The Morgan fingerprint density at radius 2 is 2.26 bits per heavy atom. The van der Waals surface area contributed by atoms with Gasteiger partial charge in [-0.15, -0.1) is 0 Å². The maximum atomic E-state index is 11.2. The summed E-state index contributed by atoms with van der Waals surface area (Å²) in [6, 6.07) is 0.955. The van der Waals surface area contributed by atoms with E-state index in [1.807, 2.05) is 13.8 Å². The molecule has 1 heterocycles. The predicted octanol–water partition coefficient (Wildman–Crippen LogP) is 1.01. The molecule has 0 saturated heterocycles. The highest BCUT2D eigenvalue weighted by atomic mass is 32.2. The molecule has 1 aromatic rings. The number of thioether (sulfide) groups is 1. The minimum absolute atomic E-state index is 0.114. The van der Waals surface area contributed by atoms with Crippen LogP contribution in [0.5, 0.6) is 0 Å². The normalized spacial score (nSPS) is 12.6. The van der Waals surface area contributed by atoms with Gasteiger partial charge in [0.1, 0.15) is 6.04 Å². The van der Waals surface area contributed by atoms with Gasteiger partial charge in [0.15, 0.2) is 5.16 Å². The summed E-state index contributed by atoms with van der Waals surface area (Å²) < 4.78 is 0. The van der Waals surface area contributed by atoms with Crippen LogP contribution in [0.25, 0.3) is 0 Å². The molecule has 19 heavy (non-hydrogen) atoms. The number of nitrogens with zero attached hydrogens (tertiary/aromatic N) is 1. The quantitative estimate of drug-likeness (QED) is 0.511. The number of H-pyrrole nitrogens is 1. The lowest BCUT2D eigenvalue weighted by atomic mass is 10.2. The molecular weight excluding hydrogens is 266 g/mol. The first-order chi connectivity index (χ1) is 8.88. The first-order valence-corrected chi connectivity index (χ1v) is 7.06. The Kier molecular flexibility index (Phi) is 6.04. The Balaban J connectivity index is 2.51. The number of aromatic nitrogens is 2. The molecule has 0 aliphatic heterocycles. The van der Waals surface area contributed by atoms with Crippen molar-refractivity contribution in [2.75, 3.05) is 5.75 Å². The van der Waals surface area contributed by atoms with E-state index in [-0.39, 0.29) is 11.6 Å². The standard InChI is InChI=1S/C12H19N3O3S/c1-7(2)13-9(11(17)18)4-5-19-12-14-8(3)6-10(16)15-12/h6-7,9,13H,4-5H2,1-3H3,(H,17,18)(H,14,15,16). The van der Waals surface area contributed by atoms with Crippen molar-refractivity contribution in [3.8, 4) is 0 Å². The van der Waals surface area contributed by atoms with Gasteiger partial charge < -0.3 is 15.4 Å². The number of aromatic amines is 1. The largest absolute Gasteiger partial charge is 0.480 e. The molecule has 0 amide bonds. The van der Waals surface area contributed by atoms with Crippen molar-refractivity contribution in [2.45, 2.75) is 44.4 Å². The Bertz CT molecular complexity index is 487. The van der Waals surface area contributed by atoms with Gasteiger partial charge in [-0.3, -0.25) is 9.59 Å². The smallest absolute Gasteiger partial charge is 0.320 e. The molecule has 6 nitrogen and oxygen atoms in total. The van der Waals surface area contributed by atoms with Crippen LogP contribution in [-0.2, 0) is 4.79 Å². The number of rotatable bonds is 7.